The quantitative estimate of drug-likeness (QED) is 0.372. The Labute approximate surface area is 180 Å². The average Bonchev–Trinajstić information content (AvgIpc) is 3.26. The first-order chi connectivity index (χ1) is 14.6. The van der Waals surface area contributed by atoms with E-state index in [1.54, 1.807) is 10.6 Å². The molecule has 0 aliphatic rings. The summed E-state index contributed by atoms with van der Waals surface area (Å²) < 4.78 is 8.25. The van der Waals surface area contributed by atoms with Crippen LogP contribution in [0, 0.1) is 6.92 Å². The van der Waals surface area contributed by atoms with Crippen LogP contribution in [-0.2, 0) is 0 Å². The Morgan fingerprint density at radius 3 is 2.23 bits per heavy atom. The van der Waals surface area contributed by atoms with Gasteiger partial charge in [0.1, 0.15) is 5.82 Å². The third-order valence-corrected chi connectivity index (χ3v) is 5.31. The van der Waals surface area contributed by atoms with Gasteiger partial charge in [-0.1, -0.05) is 34.1 Å². The lowest BCUT2D eigenvalue weighted by molar-refractivity contribution is 0.584. The maximum atomic E-state index is 13.1. The molecule has 0 bridgehead atoms. The highest BCUT2D eigenvalue weighted by molar-refractivity contribution is 9.10. The van der Waals surface area contributed by atoms with Crippen LogP contribution in [0.25, 0.3) is 39.5 Å². The van der Waals surface area contributed by atoms with Crippen LogP contribution >= 0.6 is 15.9 Å². The third-order valence-electron chi connectivity index (χ3n) is 4.82. The normalized spacial score (nSPS) is 11.1. The molecule has 0 amide bonds. The van der Waals surface area contributed by atoms with Crippen molar-refractivity contribution in [2.45, 2.75) is 6.92 Å². The molecule has 0 aliphatic heterocycles. The molecule has 7 heteroatoms. The lowest BCUT2D eigenvalue weighted by Crippen LogP contribution is -2.22. The Morgan fingerprint density at radius 2 is 1.53 bits per heavy atom. The van der Waals surface area contributed by atoms with Crippen LogP contribution in [0.1, 0.15) is 5.82 Å². The van der Waals surface area contributed by atoms with Crippen LogP contribution in [0.4, 0.5) is 0 Å². The SMILES string of the molecule is Cc1nc2ccc(Br)cc2c(=O)n1-c1ccc(-c2nnc(-c3ccccc3)o2)cc1. The Kier molecular flexibility index (Phi) is 4.52. The molecule has 0 saturated heterocycles. The maximum absolute atomic E-state index is 13.1. The lowest BCUT2D eigenvalue weighted by atomic mass is 10.2. The Morgan fingerprint density at radius 1 is 0.867 bits per heavy atom. The smallest absolute Gasteiger partial charge is 0.265 e. The van der Waals surface area contributed by atoms with Gasteiger partial charge >= 0.3 is 0 Å². The van der Waals surface area contributed by atoms with E-state index in [1.165, 1.54) is 0 Å². The third kappa shape index (κ3) is 3.23. The van der Waals surface area contributed by atoms with Crippen LogP contribution in [0.3, 0.4) is 0 Å². The fourth-order valence-electron chi connectivity index (χ4n) is 3.36. The summed E-state index contributed by atoms with van der Waals surface area (Å²) in [4.78, 5) is 17.7. The first-order valence-electron chi connectivity index (χ1n) is 9.29. The van der Waals surface area contributed by atoms with Crippen LogP contribution in [0.5, 0.6) is 0 Å². The predicted octanol–water partition coefficient (Wildman–Crippen LogP) is 5.17. The molecule has 0 unspecified atom stereocenters. The Bertz CT molecular complexity index is 1420. The van der Waals surface area contributed by atoms with Gasteiger partial charge in [-0.05, 0) is 61.5 Å². The second-order valence-electron chi connectivity index (χ2n) is 6.79. The van der Waals surface area contributed by atoms with Gasteiger partial charge in [0.25, 0.3) is 5.56 Å². The van der Waals surface area contributed by atoms with Gasteiger partial charge in [-0.3, -0.25) is 9.36 Å². The molecule has 5 aromatic rings. The summed E-state index contributed by atoms with van der Waals surface area (Å²) >= 11 is 3.42. The minimum Gasteiger partial charge on any atom is -0.416 e. The average molecular weight is 459 g/mol. The fraction of sp³-hybridized carbons (Fsp3) is 0.0435. The van der Waals surface area contributed by atoms with E-state index >= 15 is 0 Å². The van der Waals surface area contributed by atoms with Crippen molar-refractivity contribution < 1.29 is 4.42 Å². The molecular formula is C23H15BrN4O2. The molecule has 0 aliphatic carbocycles. The second kappa shape index (κ2) is 7.35. The van der Waals surface area contributed by atoms with Crippen molar-refractivity contribution in [1.29, 1.82) is 0 Å². The summed E-state index contributed by atoms with van der Waals surface area (Å²) in [5.41, 5.74) is 2.92. The van der Waals surface area contributed by atoms with Crippen molar-refractivity contribution in [2.24, 2.45) is 0 Å². The van der Waals surface area contributed by atoms with Gasteiger partial charge in [0.15, 0.2) is 0 Å². The highest BCUT2D eigenvalue weighted by Crippen LogP contribution is 2.25. The highest BCUT2D eigenvalue weighted by Gasteiger charge is 2.13. The van der Waals surface area contributed by atoms with Gasteiger partial charge in [-0.2, -0.15) is 0 Å². The molecule has 0 saturated carbocycles. The van der Waals surface area contributed by atoms with Crippen LogP contribution in [0.15, 0.2) is 86.5 Å². The van der Waals surface area contributed by atoms with Crippen LogP contribution in [-0.4, -0.2) is 19.7 Å². The van der Waals surface area contributed by atoms with Crippen molar-refractivity contribution >= 4 is 26.8 Å². The summed E-state index contributed by atoms with van der Waals surface area (Å²) in [7, 11) is 0. The van der Waals surface area contributed by atoms with Gasteiger partial charge in [-0.15, -0.1) is 10.2 Å². The van der Waals surface area contributed by atoms with Gasteiger partial charge in [-0.25, -0.2) is 4.98 Å². The molecule has 146 valence electrons. The number of rotatable bonds is 3. The van der Waals surface area contributed by atoms with Crippen molar-refractivity contribution in [3.05, 3.63) is 93.4 Å². The molecule has 0 N–H and O–H groups in total. The Balaban J connectivity index is 1.53. The molecule has 30 heavy (non-hydrogen) atoms. The molecule has 0 radical (unpaired) electrons. The number of fused-ring (bicyclic) bond motifs is 1. The lowest BCUT2D eigenvalue weighted by Gasteiger charge is -2.11. The number of nitrogens with zero attached hydrogens (tertiary/aromatic N) is 4. The summed E-state index contributed by atoms with van der Waals surface area (Å²) in [5, 5.41) is 8.83. The molecule has 0 atom stereocenters. The predicted molar refractivity (Wildman–Crippen MR) is 119 cm³/mol. The van der Waals surface area contributed by atoms with Crippen LogP contribution < -0.4 is 5.56 Å². The van der Waals surface area contributed by atoms with Gasteiger partial charge in [0.05, 0.1) is 16.6 Å². The van der Waals surface area contributed by atoms with E-state index < -0.39 is 0 Å². The topological polar surface area (TPSA) is 73.8 Å². The molecule has 6 nitrogen and oxygen atoms in total. The van der Waals surface area contributed by atoms with Gasteiger partial charge < -0.3 is 4.42 Å². The fourth-order valence-corrected chi connectivity index (χ4v) is 3.72. The zero-order chi connectivity index (χ0) is 20.7. The number of hydrogen-bond donors (Lipinski definition) is 0. The van der Waals surface area contributed by atoms with E-state index in [0.29, 0.717) is 28.5 Å². The minimum atomic E-state index is -0.115. The van der Waals surface area contributed by atoms with E-state index in [2.05, 4.69) is 31.1 Å². The first-order valence-corrected chi connectivity index (χ1v) is 10.1. The maximum Gasteiger partial charge on any atom is 0.265 e. The molecule has 5 rings (SSSR count). The summed E-state index contributed by atoms with van der Waals surface area (Å²) in [6.07, 6.45) is 0. The van der Waals surface area contributed by atoms with Gasteiger partial charge in [0, 0.05) is 15.6 Å². The molecular weight excluding hydrogens is 444 g/mol. The van der Waals surface area contributed by atoms with E-state index in [9.17, 15) is 4.79 Å². The first kappa shape index (κ1) is 18.4. The molecule has 2 heterocycles. The van der Waals surface area contributed by atoms with E-state index in [1.807, 2.05) is 73.7 Å². The highest BCUT2D eigenvalue weighted by atomic mass is 79.9. The Hall–Kier alpha value is -3.58. The number of halogens is 1. The van der Waals surface area contributed by atoms with Crippen molar-refractivity contribution in [3.8, 4) is 28.6 Å². The second-order valence-corrected chi connectivity index (χ2v) is 7.70. The summed E-state index contributed by atoms with van der Waals surface area (Å²) in [6, 6.07) is 22.5. The minimum absolute atomic E-state index is 0.115. The number of benzene rings is 3. The van der Waals surface area contributed by atoms with Crippen molar-refractivity contribution in [3.63, 3.8) is 0 Å². The largest absolute Gasteiger partial charge is 0.416 e. The zero-order valence-corrected chi connectivity index (χ0v) is 17.5. The zero-order valence-electron chi connectivity index (χ0n) is 15.9. The number of aryl methyl sites for hydroxylation is 1. The molecule has 3 aromatic carbocycles. The van der Waals surface area contributed by atoms with Crippen molar-refractivity contribution in [2.75, 3.05) is 0 Å². The molecule has 0 fully saturated rings. The van der Waals surface area contributed by atoms with Crippen molar-refractivity contribution in [1.82, 2.24) is 19.7 Å². The molecule has 0 spiro atoms. The molecule has 2 aromatic heterocycles. The number of aromatic nitrogens is 4. The number of hydrogen-bond acceptors (Lipinski definition) is 5. The van der Waals surface area contributed by atoms with E-state index in [-0.39, 0.29) is 5.56 Å². The van der Waals surface area contributed by atoms with Gasteiger partial charge in [0.2, 0.25) is 11.8 Å². The summed E-state index contributed by atoms with van der Waals surface area (Å²) in [5.74, 6) is 1.50. The van der Waals surface area contributed by atoms with E-state index in [4.69, 9.17) is 4.42 Å². The van der Waals surface area contributed by atoms with E-state index in [0.717, 1.165) is 21.3 Å². The summed E-state index contributed by atoms with van der Waals surface area (Å²) in [6.45, 7) is 1.82. The monoisotopic (exact) mass is 458 g/mol. The van der Waals surface area contributed by atoms with Crippen LogP contribution in [0.2, 0.25) is 0 Å². The standard InChI is InChI=1S/C23H15BrN4O2/c1-14-25-20-12-9-17(24)13-19(20)23(29)28(14)18-10-7-16(8-11-18)22-27-26-21(30-22)15-5-3-2-4-6-15/h2-13H,1H3.